The predicted molar refractivity (Wildman–Crippen MR) is 101 cm³/mol. The number of nitrogens with zero attached hydrogens (tertiary/aromatic N) is 6. The molecule has 0 aliphatic carbocycles. The van der Waals surface area contributed by atoms with Gasteiger partial charge in [-0.3, -0.25) is 0 Å². The summed E-state index contributed by atoms with van der Waals surface area (Å²) >= 11 is 0. The van der Waals surface area contributed by atoms with E-state index in [9.17, 15) is 8.42 Å². The molecular weight excluding hydrogens is 354 g/mol. The molecule has 1 N–H and O–H groups in total. The van der Waals surface area contributed by atoms with Crippen molar-refractivity contribution in [2.75, 3.05) is 50.5 Å². The van der Waals surface area contributed by atoms with Crippen molar-refractivity contribution in [2.24, 2.45) is 0 Å². The first-order valence-electron chi connectivity index (χ1n) is 8.30. The van der Waals surface area contributed by atoms with Crippen molar-refractivity contribution in [3.8, 4) is 0 Å². The SMILES string of the molecule is Cc1ccnc(Nc2cc(N3CCN(S(=O)(=O)N(C)C)CC3)ncn2)c1. The molecule has 1 aliphatic heterocycles. The van der Waals surface area contributed by atoms with Gasteiger partial charge in [-0.1, -0.05) is 0 Å². The van der Waals surface area contributed by atoms with Crippen LogP contribution in [0.2, 0.25) is 0 Å². The van der Waals surface area contributed by atoms with Crippen LogP contribution in [0.5, 0.6) is 0 Å². The van der Waals surface area contributed by atoms with E-state index in [0.717, 1.165) is 17.2 Å². The van der Waals surface area contributed by atoms with Crippen LogP contribution in [0.3, 0.4) is 0 Å². The van der Waals surface area contributed by atoms with Crippen molar-refractivity contribution in [1.29, 1.82) is 0 Å². The van der Waals surface area contributed by atoms with Gasteiger partial charge in [0.15, 0.2) is 0 Å². The Morgan fingerprint density at radius 1 is 1.04 bits per heavy atom. The molecule has 0 saturated carbocycles. The van der Waals surface area contributed by atoms with E-state index >= 15 is 0 Å². The summed E-state index contributed by atoms with van der Waals surface area (Å²) in [6.07, 6.45) is 3.24. The Kier molecular flexibility index (Phi) is 5.35. The monoisotopic (exact) mass is 377 g/mol. The van der Waals surface area contributed by atoms with E-state index in [1.165, 1.54) is 14.9 Å². The minimum atomic E-state index is -3.37. The molecule has 10 heteroatoms. The molecule has 0 spiro atoms. The van der Waals surface area contributed by atoms with Crippen LogP contribution in [0.15, 0.2) is 30.7 Å². The zero-order valence-electron chi connectivity index (χ0n) is 15.1. The summed E-state index contributed by atoms with van der Waals surface area (Å²) in [7, 11) is -0.282. The Morgan fingerprint density at radius 2 is 1.73 bits per heavy atom. The Morgan fingerprint density at radius 3 is 2.38 bits per heavy atom. The molecular formula is C16H23N7O2S. The first kappa shape index (κ1) is 18.5. The molecule has 1 fully saturated rings. The molecule has 0 unspecified atom stereocenters. The number of anilines is 3. The van der Waals surface area contributed by atoms with Crippen LogP contribution in [0.25, 0.3) is 0 Å². The van der Waals surface area contributed by atoms with Crippen LogP contribution >= 0.6 is 0 Å². The third-order valence-electron chi connectivity index (χ3n) is 4.17. The highest BCUT2D eigenvalue weighted by molar-refractivity contribution is 7.86. The first-order chi connectivity index (χ1) is 12.4. The van der Waals surface area contributed by atoms with Gasteiger partial charge >= 0.3 is 0 Å². The maximum atomic E-state index is 12.2. The maximum absolute atomic E-state index is 12.2. The lowest BCUT2D eigenvalue weighted by Gasteiger charge is -2.35. The predicted octanol–water partition coefficient (Wildman–Crippen LogP) is 0.852. The molecule has 1 saturated heterocycles. The van der Waals surface area contributed by atoms with Gasteiger partial charge < -0.3 is 10.2 Å². The van der Waals surface area contributed by atoms with Crippen molar-refractivity contribution in [3.63, 3.8) is 0 Å². The number of pyridine rings is 1. The lowest BCUT2D eigenvalue weighted by molar-refractivity contribution is 0.355. The summed E-state index contributed by atoms with van der Waals surface area (Å²) in [5.74, 6) is 2.13. The lowest BCUT2D eigenvalue weighted by Crippen LogP contribution is -2.51. The molecule has 3 heterocycles. The van der Waals surface area contributed by atoms with Crippen LogP contribution in [0.4, 0.5) is 17.5 Å². The summed E-state index contributed by atoms with van der Waals surface area (Å²) in [4.78, 5) is 14.9. The van der Waals surface area contributed by atoms with E-state index in [2.05, 4.69) is 25.2 Å². The molecule has 26 heavy (non-hydrogen) atoms. The highest BCUT2D eigenvalue weighted by atomic mass is 32.2. The fraction of sp³-hybridized carbons (Fsp3) is 0.438. The summed E-state index contributed by atoms with van der Waals surface area (Å²) < 4.78 is 27.1. The zero-order chi connectivity index (χ0) is 18.7. The van der Waals surface area contributed by atoms with Crippen molar-refractivity contribution in [3.05, 3.63) is 36.3 Å². The fourth-order valence-corrected chi connectivity index (χ4v) is 3.79. The third-order valence-corrected chi connectivity index (χ3v) is 6.12. The van der Waals surface area contributed by atoms with Crippen LogP contribution in [0, 0.1) is 6.92 Å². The highest BCUT2D eigenvalue weighted by Crippen LogP contribution is 2.20. The lowest BCUT2D eigenvalue weighted by atomic mass is 10.3. The van der Waals surface area contributed by atoms with Crippen molar-refractivity contribution < 1.29 is 8.42 Å². The maximum Gasteiger partial charge on any atom is 0.281 e. The van der Waals surface area contributed by atoms with Crippen molar-refractivity contribution >= 4 is 27.7 Å². The quantitative estimate of drug-likeness (QED) is 0.825. The molecule has 9 nitrogen and oxygen atoms in total. The van der Waals surface area contributed by atoms with Gasteiger partial charge in [-0.25, -0.2) is 15.0 Å². The second kappa shape index (κ2) is 7.52. The standard InChI is InChI=1S/C16H23N7O2S/c1-13-4-5-17-14(10-13)20-15-11-16(19-12-18-15)22-6-8-23(9-7-22)26(24,25)21(2)3/h4-5,10-12H,6-9H2,1-3H3,(H,17,18,19,20). The first-order valence-corrected chi connectivity index (χ1v) is 9.70. The second-order valence-corrected chi connectivity index (χ2v) is 8.42. The molecule has 3 rings (SSSR count). The average Bonchev–Trinajstić information content (AvgIpc) is 2.62. The minimum absolute atomic E-state index is 0.423. The molecule has 2 aromatic rings. The summed E-state index contributed by atoms with van der Waals surface area (Å²) in [6.45, 7) is 4.00. The molecule has 2 aromatic heterocycles. The highest BCUT2D eigenvalue weighted by Gasteiger charge is 2.29. The number of aryl methyl sites for hydroxylation is 1. The topological polar surface area (TPSA) is 94.6 Å². The Bertz CT molecular complexity index is 864. The average molecular weight is 377 g/mol. The molecule has 0 radical (unpaired) electrons. The van der Waals surface area contributed by atoms with Gasteiger partial charge in [-0.15, -0.1) is 0 Å². The number of hydrogen-bond acceptors (Lipinski definition) is 7. The third kappa shape index (κ3) is 4.09. The minimum Gasteiger partial charge on any atom is -0.354 e. The van der Waals surface area contributed by atoms with Gasteiger partial charge in [0.1, 0.15) is 23.8 Å². The molecule has 0 aromatic carbocycles. The molecule has 1 aliphatic rings. The second-order valence-electron chi connectivity index (χ2n) is 6.28. The summed E-state index contributed by atoms with van der Waals surface area (Å²) in [6, 6.07) is 5.71. The Hall–Kier alpha value is -2.30. The van der Waals surface area contributed by atoms with Gasteiger partial charge in [0, 0.05) is 52.5 Å². The van der Waals surface area contributed by atoms with Crippen LogP contribution in [-0.2, 0) is 10.2 Å². The van der Waals surface area contributed by atoms with Gasteiger partial charge in [0.2, 0.25) is 0 Å². The number of hydrogen-bond donors (Lipinski definition) is 1. The largest absolute Gasteiger partial charge is 0.354 e. The zero-order valence-corrected chi connectivity index (χ0v) is 15.9. The van der Waals surface area contributed by atoms with E-state index < -0.39 is 10.2 Å². The molecule has 0 bridgehead atoms. The molecule has 140 valence electrons. The van der Waals surface area contributed by atoms with Crippen molar-refractivity contribution in [2.45, 2.75) is 6.92 Å². The summed E-state index contributed by atoms with van der Waals surface area (Å²) in [5, 5.41) is 3.17. The Balaban J connectivity index is 1.68. The normalized spacial score (nSPS) is 16.1. The van der Waals surface area contributed by atoms with Gasteiger partial charge in [-0.05, 0) is 24.6 Å². The van der Waals surface area contributed by atoms with E-state index in [4.69, 9.17) is 0 Å². The smallest absolute Gasteiger partial charge is 0.281 e. The number of aromatic nitrogens is 3. The molecule has 0 amide bonds. The van der Waals surface area contributed by atoms with E-state index in [0.29, 0.717) is 32.0 Å². The fourth-order valence-electron chi connectivity index (χ4n) is 2.70. The number of rotatable bonds is 5. The Labute approximate surface area is 153 Å². The molecule has 0 atom stereocenters. The van der Waals surface area contributed by atoms with E-state index in [1.807, 2.05) is 25.1 Å². The van der Waals surface area contributed by atoms with Gasteiger partial charge in [0.05, 0.1) is 0 Å². The number of piperazine rings is 1. The van der Waals surface area contributed by atoms with E-state index in [1.54, 1.807) is 20.3 Å². The van der Waals surface area contributed by atoms with E-state index in [-0.39, 0.29) is 0 Å². The van der Waals surface area contributed by atoms with Gasteiger partial charge in [0.25, 0.3) is 10.2 Å². The number of nitrogens with one attached hydrogen (secondary N) is 1. The van der Waals surface area contributed by atoms with Crippen molar-refractivity contribution in [1.82, 2.24) is 23.6 Å². The van der Waals surface area contributed by atoms with Crippen LogP contribution in [-0.4, -0.2) is 72.3 Å². The summed E-state index contributed by atoms with van der Waals surface area (Å²) in [5.41, 5.74) is 1.11. The van der Waals surface area contributed by atoms with Crippen LogP contribution in [0.1, 0.15) is 5.56 Å². The van der Waals surface area contributed by atoms with Crippen LogP contribution < -0.4 is 10.2 Å². The van der Waals surface area contributed by atoms with Gasteiger partial charge in [-0.2, -0.15) is 17.0 Å².